The highest BCUT2D eigenvalue weighted by molar-refractivity contribution is 6.07. The summed E-state index contributed by atoms with van der Waals surface area (Å²) >= 11 is 0. The third kappa shape index (κ3) is 5.02. The molecular formula is C25H27NO3. The molecule has 0 bridgehead atoms. The standard InChI is InChI=1S/C25H27NO3/c1-4-29-25(28)24-22(20-8-6-5-7-9-20)16-19(17-23(24)27)11-10-18-12-14-21(15-13-18)26(2)3/h5-15,17,22,24H,4,16H2,1-3H3/b11-10+/t22-,24-/m0/s1. The van der Waals surface area contributed by atoms with Gasteiger partial charge in [0.2, 0.25) is 0 Å². The highest BCUT2D eigenvalue weighted by Gasteiger charge is 2.38. The number of nitrogens with zero attached hydrogens (tertiary/aromatic N) is 1. The lowest BCUT2D eigenvalue weighted by atomic mass is 9.75. The van der Waals surface area contributed by atoms with Crippen LogP contribution >= 0.6 is 0 Å². The number of carbonyl (C=O) groups excluding carboxylic acids is 2. The van der Waals surface area contributed by atoms with E-state index in [2.05, 4.69) is 17.0 Å². The fraction of sp³-hybridized carbons (Fsp3) is 0.280. The molecule has 0 saturated heterocycles. The summed E-state index contributed by atoms with van der Waals surface area (Å²) in [6, 6.07) is 18.0. The van der Waals surface area contributed by atoms with Crippen LogP contribution in [0.2, 0.25) is 0 Å². The van der Waals surface area contributed by atoms with Crippen LogP contribution < -0.4 is 4.90 Å². The van der Waals surface area contributed by atoms with E-state index in [0.717, 1.165) is 22.4 Å². The molecule has 0 amide bonds. The number of ketones is 1. The summed E-state index contributed by atoms with van der Waals surface area (Å²) in [6.07, 6.45) is 6.18. The van der Waals surface area contributed by atoms with Crippen LogP contribution in [0.15, 0.2) is 72.3 Å². The number of hydrogen-bond acceptors (Lipinski definition) is 4. The Bertz CT molecular complexity index is 911. The Morgan fingerprint density at radius 1 is 1.07 bits per heavy atom. The molecule has 0 spiro atoms. The first-order valence-electron chi connectivity index (χ1n) is 9.91. The first-order valence-corrected chi connectivity index (χ1v) is 9.91. The Labute approximate surface area is 172 Å². The van der Waals surface area contributed by atoms with Gasteiger partial charge in [-0.3, -0.25) is 9.59 Å². The molecule has 2 atom stereocenters. The molecule has 0 heterocycles. The molecule has 3 rings (SSSR count). The number of ether oxygens (including phenoxy) is 1. The average molecular weight is 389 g/mol. The molecular weight excluding hydrogens is 362 g/mol. The van der Waals surface area contributed by atoms with Gasteiger partial charge in [0.25, 0.3) is 0 Å². The summed E-state index contributed by atoms with van der Waals surface area (Å²) in [5.74, 6) is -1.63. The van der Waals surface area contributed by atoms with E-state index in [1.807, 2.05) is 68.7 Å². The average Bonchev–Trinajstić information content (AvgIpc) is 2.73. The monoisotopic (exact) mass is 389 g/mol. The number of hydrogen-bond donors (Lipinski definition) is 0. The van der Waals surface area contributed by atoms with E-state index in [0.29, 0.717) is 6.42 Å². The molecule has 1 aliphatic carbocycles. The van der Waals surface area contributed by atoms with Gasteiger partial charge in [-0.05, 0) is 48.3 Å². The van der Waals surface area contributed by atoms with Gasteiger partial charge in [0, 0.05) is 25.7 Å². The summed E-state index contributed by atoms with van der Waals surface area (Å²) in [5, 5.41) is 0. The van der Waals surface area contributed by atoms with E-state index in [9.17, 15) is 9.59 Å². The van der Waals surface area contributed by atoms with Gasteiger partial charge in [-0.1, -0.05) is 54.6 Å². The summed E-state index contributed by atoms with van der Waals surface area (Å²) < 4.78 is 5.19. The zero-order chi connectivity index (χ0) is 20.8. The van der Waals surface area contributed by atoms with Gasteiger partial charge in [-0.25, -0.2) is 0 Å². The Morgan fingerprint density at radius 3 is 2.38 bits per heavy atom. The Kier molecular flexibility index (Phi) is 6.65. The highest BCUT2D eigenvalue weighted by atomic mass is 16.5. The fourth-order valence-electron chi connectivity index (χ4n) is 3.63. The lowest BCUT2D eigenvalue weighted by molar-refractivity contribution is -0.151. The van der Waals surface area contributed by atoms with Crippen molar-refractivity contribution in [3.05, 3.63) is 83.4 Å². The number of carbonyl (C=O) groups is 2. The van der Waals surface area contributed by atoms with Crippen molar-refractivity contribution < 1.29 is 14.3 Å². The van der Waals surface area contributed by atoms with Gasteiger partial charge in [0.05, 0.1) is 6.61 Å². The van der Waals surface area contributed by atoms with Gasteiger partial charge >= 0.3 is 5.97 Å². The van der Waals surface area contributed by atoms with Crippen LogP contribution in [0, 0.1) is 5.92 Å². The van der Waals surface area contributed by atoms with E-state index in [4.69, 9.17) is 4.74 Å². The van der Waals surface area contributed by atoms with Gasteiger partial charge < -0.3 is 9.64 Å². The normalized spacial score (nSPS) is 19.1. The SMILES string of the molecule is CCOC(=O)[C@@H]1C(=O)C=C(/C=C/c2ccc(N(C)C)cc2)C[C@H]1c1ccccc1. The number of benzene rings is 2. The second-order valence-electron chi connectivity index (χ2n) is 7.39. The van der Waals surface area contributed by atoms with Gasteiger partial charge in [-0.2, -0.15) is 0 Å². The maximum absolute atomic E-state index is 12.8. The van der Waals surface area contributed by atoms with E-state index in [-0.39, 0.29) is 18.3 Å². The molecule has 150 valence electrons. The topological polar surface area (TPSA) is 46.6 Å². The molecule has 0 unspecified atom stereocenters. The zero-order valence-corrected chi connectivity index (χ0v) is 17.2. The quantitative estimate of drug-likeness (QED) is 0.534. The van der Waals surface area contributed by atoms with Crippen molar-refractivity contribution in [2.24, 2.45) is 5.92 Å². The molecule has 29 heavy (non-hydrogen) atoms. The van der Waals surface area contributed by atoms with Crippen molar-refractivity contribution in [3.8, 4) is 0 Å². The molecule has 4 heteroatoms. The molecule has 1 aliphatic rings. The maximum Gasteiger partial charge on any atom is 0.317 e. The van der Waals surface area contributed by atoms with Crippen LogP contribution in [-0.2, 0) is 14.3 Å². The predicted molar refractivity (Wildman–Crippen MR) is 117 cm³/mol. The van der Waals surface area contributed by atoms with Gasteiger partial charge in [0.1, 0.15) is 5.92 Å². The second-order valence-corrected chi connectivity index (χ2v) is 7.39. The van der Waals surface area contributed by atoms with Crippen molar-refractivity contribution in [1.82, 2.24) is 0 Å². The molecule has 0 aromatic heterocycles. The summed E-state index contributed by atoms with van der Waals surface area (Å²) in [7, 11) is 4.01. The van der Waals surface area contributed by atoms with E-state index < -0.39 is 11.9 Å². The molecule has 0 radical (unpaired) electrons. The molecule has 2 aromatic carbocycles. The smallest absolute Gasteiger partial charge is 0.317 e. The number of rotatable bonds is 6. The largest absolute Gasteiger partial charge is 0.465 e. The Morgan fingerprint density at radius 2 is 1.76 bits per heavy atom. The minimum absolute atomic E-state index is 0.189. The predicted octanol–water partition coefficient (Wildman–Crippen LogP) is 4.63. The van der Waals surface area contributed by atoms with Crippen LogP contribution in [-0.4, -0.2) is 32.5 Å². The maximum atomic E-state index is 12.8. The van der Waals surface area contributed by atoms with Crippen LogP contribution in [0.25, 0.3) is 6.08 Å². The molecule has 0 saturated carbocycles. The molecule has 0 N–H and O–H groups in total. The van der Waals surface area contributed by atoms with Crippen molar-refractivity contribution in [3.63, 3.8) is 0 Å². The lowest BCUT2D eigenvalue weighted by Gasteiger charge is -2.28. The van der Waals surface area contributed by atoms with Crippen LogP contribution in [0.1, 0.15) is 30.4 Å². The van der Waals surface area contributed by atoms with Crippen molar-refractivity contribution in [2.45, 2.75) is 19.3 Å². The number of esters is 1. The molecule has 0 aliphatic heterocycles. The van der Waals surface area contributed by atoms with Gasteiger partial charge in [-0.15, -0.1) is 0 Å². The van der Waals surface area contributed by atoms with E-state index in [1.54, 1.807) is 13.0 Å². The summed E-state index contributed by atoms with van der Waals surface area (Å²) in [4.78, 5) is 27.3. The minimum atomic E-state index is -0.783. The van der Waals surface area contributed by atoms with E-state index in [1.165, 1.54) is 0 Å². The van der Waals surface area contributed by atoms with Crippen molar-refractivity contribution in [2.75, 3.05) is 25.6 Å². The third-order valence-corrected chi connectivity index (χ3v) is 5.16. The summed E-state index contributed by atoms with van der Waals surface area (Å²) in [6.45, 7) is 2.03. The second kappa shape index (κ2) is 9.37. The lowest BCUT2D eigenvalue weighted by Crippen LogP contribution is -2.34. The first kappa shape index (κ1) is 20.6. The number of anilines is 1. The first-order chi connectivity index (χ1) is 14.0. The Balaban J connectivity index is 1.85. The fourth-order valence-corrected chi connectivity index (χ4v) is 3.63. The third-order valence-electron chi connectivity index (χ3n) is 5.16. The zero-order valence-electron chi connectivity index (χ0n) is 17.2. The van der Waals surface area contributed by atoms with E-state index >= 15 is 0 Å². The Hall–Kier alpha value is -3.14. The van der Waals surface area contributed by atoms with Gasteiger partial charge in [0.15, 0.2) is 5.78 Å². The molecule has 0 fully saturated rings. The van der Waals surface area contributed by atoms with Crippen LogP contribution in [0.5, 0.6) is 0 Å². The van der Waals surface area contributed by atoms with Crippen molar-refractivity contribution >= 4 is 23.5 Å². The van der Waals surface area contributed by atoms with Crippen molar-refractivity contribution in [1.29, 1.82) is 0 Å². The molecule has 4 nitrogen and oxygen atoms in total. The number of allylic oxidation sites excluding steroid dienone is 3. The minimum Gasteiger partial charge on any atom is -0.465 e. The molecule has 2 aromatic rings. The van der Waals surface area contributed by atoms with Crippen LogP contribution in [0.3, 0.4) is 0 Å². The summed E-state index contributed by atoms with van der Waals surface area (Å²) in [5.41, 5.74) is 4.10. The van der Waals surface area contributed by atoms with Crippen LogP contribution in [0.4, 0.5) is 5.69 Å². The highest BCUT2D eigenvalue weighted by Crippen LogP contribution is 2.37.